The van der Waals surface area contributed by atoms with Crippen LogP contribution in [0.3, 0.4) is 0 Å². The van der Waals surface area contributed by atoms with E-state index in [0.29, 0.717) is 19.3 Å². The minimum Gasteiger partial charge on any atom is -0.462 e. The molecule has 0 saturated carbocycles. The molecule has 0 aliphatic carbocycles. The molecule has 0 amide bonds. The minimum atomic E-state index is -0.809. The van der Waals surface area contributed by atoms with Gasteiger partial charge in [0.05, 0.1) is 0 Å². The first-order valence-corrected chi connectivity index (χ1v) is 30.5. The van der Waals surface area contributed by atoms with E-state index in [4.69, 9.17) is 14.2 Å². The lowest BCUT2D eigenvalue weighted by Gasteiger charge is -2.18. The molecule has 1 atom stereocenters. The average Bonchev–Trinajstić information content (AvgIpc) is 3.40. The van der Waals surface area contributed by atoms with Gasteiger partial charge in [-0.1, -0.05) is 277 Å². The Morgan fingerprint density at radius 3 is 0.905 bits per heavy atom. The number of rotatable bonds is 54. The molecule has 1 unspecified atom stereocenters. The van der Waals surface area contributed by atoms with E-state index in [1.165, 1.54) is 122 Å². The molecule has 0 aromatic carbocycles. The monoisotopic (exact) mass is 1020 g/mol. The molecular formula is C68H112O6. The Morgan fingerprint density at radius 2 is 0.554 bits per heavy atom. The molecule has 0 radical (unpaired) electrons. The number of allylic oxidation sites excluding steroid dienone is 20. The van der Waals surface area contributed by atoms with Gasteiger partial charge in [-0.3, -0.25) is 14.4 Å². The van der Waals surface area contributed by atoms with Crippen molar-refractivity contribution in [3.63, 3.8) is 0 Å². The van der Waals surface area contributed by atoms with Crippen LogP contribution in [0.1, 0.15) is 271 Å². The van der Waals surface area contributed by atoms with E-state index in [1.807, 2.05) is 6.08 Å². The third-order valence-electron chi connectivity index (χ3n) is 12.7. The predicted molar refractivity (Wildman–Crippen MR) is 320 cm³/mol. The summed E-state index contributed by atoms with van der Waals surface area (Å²) in [6, 6.07) is 0. The maximum absolute atomic E-state index is 12.8. The van der Waals surface area contributed by atoms with Crippen LogP contribution in [0.15, 0.2) is 122 Å². The van der Waals surface area contributed by atoms with Gasteiger partial charge in [0.2, 0.25) is 0 Å². The number of carbonyl (C=O) groups excluding carboxylic acids is 3. The summed E-state index contributed by atoms with van der Waals surface area (Å²) in [7, 11) is 0. The molecule has 0 fully saturated rings. The summed E-state index contributed by atoms with van der Waals surface area (Å²) in [5, 5.41) is 0. The lowest BCUT2D eigenvalue weighted by atomic mass is 10.0. The third kappa shape index (κ3) is 58.7. The second-order valence-corrected chi connectivity index (χ2v) is 19.9. The fraction of sp³-hybridized carbons (Fsp3) is 0.662. The summed E-state index contributed by atoms with van der Waals surface area (Å²) >= 11 is 0. The minimum absolute atomic E-state index is 0.102. The third-order valence-corrected chi connectivity index (χ3v) is 12.7. The van der Waals surface area contributed by atoms with Crippen LogP contribution in [-0.4, -0.2) is 37.2 Å². The van der Waals surface area contributed by atoms with Crippen molar-refractivity contribution in [2.24, 2.45) is 0 Å². The highest BCUT2D eigenvalue weighted by atomic mass is 16.6. The largest absolute Gasteiger partial charge is 0.462 e. The zero-order valence-corrected chi connectivity index (χ0v) is 48.1. The van der Waals surface area contributed by atoms with Crippen molar-refractivity contribution in [2.45, 2.75) is 277 Å². The van der Waals surface area contributed by atoms with E-state index in [-0.39, 0.29) is 37.5 Å². The van der Waals surface area contributed by atoms with E-state index < -0.39 is 6.10 Å². The number of hydrogen-bond acceptors (Lipinski definition) is 6. The Hall–Kier alpha value is -4.19. The molecular weight excluding hydrogens is 913 g/mol. The molecule has 0 N–H and O–H groups in total. The molecule has 0 bridgehead atoms. The Morgan fingerprint density at radius 1 is 0.284 bits per heavy atom. The molecule has 0 aromatic heterocycles. The Labute approximate surface area is 456 Å². The van der Waals surface area contributed by atoms with Crippen molar-refractivity contribution in [1.29, 1.82) is 0 Å². The molecule has 420 valence electrons. The van der Waals surface area contributed by atoms with Crippen LogP contribution in [-0.2, 0) is 28.6 Å². The first-order valence-electron chi connectivity index (χ1n) is 30.5. The van der Waals surface area contributed by atoms with Gasteiger partial charge in [-0.15, -0.1) is 0 Å². The molecule has 0 spiro atoms. The smallest absolute Gasteiger partial charge is 0.306 e. The van der Waals surface area contributed by atoms with Gasteiger partial charge < -0.3 is 14.2 Å². The highest BCUT2D eigenvalue weighted by Gasteiger charge is 2.19. The fourth-order valence-electron chi connectivity index (χ4n) is 8.23. The van der Waals surface area contributed by atoms with Gasteiger partial charge in [0, 0.05) is 19.3 Å². The van der Waals surface area contributed by atoms with Gasteiger partial charge in [0.25, 0.3) is 0 Å². The molecule has 0 rings (SSSR count). The quantitative estimate of drug-likeness (QED) is 0.0261. The van der Waals surface area contributed by atoms with Crippen LogP contribution in [0.4, 0.5) is 0 Å². The van der Waals surface area contributed by atoms with Crippen LogP contribution in [0.25, 0.3) is 0 Å². The molecule has 0 heterocycles. The zero-order valence-electron chi connectivity index (χ0n) is 48.1. The van der Waals surface area contributed by atoms with Crippen LogP contribution in [0, 0.1) is 0 Å². The summed E-state index contributed by atoms with van der Waals surface area (Å²) in [5.74, 6) is -0.988. The second kappa shape index (κ2) is 61.4. The molecule has 0 saturated heterocycles. The Kier molecular flexibility index (Phi) is 57.9. The molecule has 6 heteroatoms. The van der Waals surface area contributed by atoms with Crippen LogP contribution in [0.2, 0.25) is 0 Å². The fourth-order valence-corrected chi connectivity index (χ4v) is 8.23. The SMILES string of the molecule is CC/C=C\C/C=C\C/C=C\C/C=C\C/C=C\C/C=C\CCCCCCCCCCCCC(=O)OCC(COC(=O)CC/C=C\C/C=C\C/C=C\C/C=C\CC)OC(=O)CCCCCCCCCCCCCCCC. The van der Waals surface area contributed by atoms with Gasteiger partial charge in [0.1, 0.15) is 13.2 Å². The topological polar surface area (TPSA) is 78.9 Å². The van der Waals surface area contributed by atoms with Crippen molar-refractivity contribution in [3.8, 4) is 0 Å². The summed E-state index contributed by atoms with van der Waals surface area (Å²) in [4.78, 5) is 38.1. The number of unbranched alkanes of at least 4 members (excludes halogenated alkanes) is 23. The Bertz CT molecular complexity index is 1550. The van der Waals surface area contributed by atoms with E-state index in [9.17, 15) is 14.4 Å². The zero-order chi connectivity index (χ0) is 53.6. The lowest BCUT2D eigenvalue weighted by molar-refractivity contribution is -0.166. The molecule has 0 aromatic rings. The molecule has 6 nitrogen and oxygen atoms in total. The molecule has 0 aliphatic heterocycles. The number of carbonyl (C=O) groups is 3. The lowest BCUT2D eigenvalue weighted by Crippen LogP contribution is -2.30. The highest BCUT2D eigenvalue weighted by Crippen LogP contribution is 2.16. The van der Waals surface area contributed by atoms with Crippen LogP contribution in [0.5, 0.6) is 0 Å². The van der Waals surface area contributed by atoms with Crippen molar-refractivity contribution in [1.82, 2.24) is 0 Å². The number of ether oxygens (including phenoxy) is 3. The van der Waals surface area contributed by atoms with E-state index >= 15 is 0 Å². The van der Waals surface area contributed by atoms with Crippen LogP contribution < -0.4 is 0 Å². The normalized spacial score (nSPS) is 13.0. The summed E-state index contributed by atoms with van der Waals surface area (Å²) in [6.45, 7) is 6.35. The Balaban J connectivity index is 4.31. The van der Waals surface area contributed by atoms with Gasteiger partial charge in [-0.2, -0.15) is 0 Å². The van der Waals surface area contributed by atoms with Crippen molar-refractivity contribution < 1.29 is 28.6 Å². The van der Waals surface area contributed by atoms with E-state index in [2.05, 4.69) is 136 Å². The van der Waals surface area contributed by atoms with Crippen molar-refractivity contribution >= 4 is 17.9 Å². The standard InChI is InChI=1S/C68H112O6/c1-4-7-10-13-16-19-22-25-27-28-29-30-31-32-33-34-35-36-37-38-39-40-41-44-46-49-52-55-58-61-67(70)73-64-65(63-72-66(69)60-57-54-51-48-45-42-24-21-18-15-12-9-6-3)74-68(71)62-59-56-53-50-47-43-26-23-20-17-14-11-8-5-2/h7,9-10,12,16,18-19,21,25,27,29-30,32-33,35-36,42,45,51,54,65H,4-6,8,11,13-15,17,20,22-24,26,28,31,34,37-41,43-44,46-50,52-53,55-64H2,1-3H3/b10-7-,12-9-,19-16-,21-18-,27-25-,30-29-,33-32-,36-35-,45-42-,54-51-. The van der Waals surface area contributed by atoms with Gasteiger partial charge >= 0.3 is 17.9 Å². The average molecular weight is 1030 g/mol. The number of hydrogen-bond donors (Lipinski definition) is 0. The second-order valence-electron chi connectivity index (χ2n) is 19.9. The highest BCUT2D eigenvalue weighted by molar-refractivity contribution is 5.71. The maximum Gasteiger partial charge on any atom is 0.306 e. The maximum atomic E-state index is 12.8. The van der Waals surface area contributed by atoms with Crippen LogP contribution >= 0.6 is 0 Å². The summed E-state index contributed by atoms with van der Waals surface area (Å²) in [6.07, 6.45) is 85.0. The molecule has 0 aliphatic rings. The van der Waals surface area contributed by atoms with Crippen molar-refractivity contribution in [2.75, 3.05) is 13.2 Å². The van der Waals surface area contributed by atoms with E-state index in [0.717, 1.165) is 103 Å². The first kappa shape index (κ1) is 69.8. The summed E-state index contributed by atoms with van der Waals surface area (Å²) in [5.41, 5.74) is 0. The first-order chi connectivity index (χ1) is 36.5. The van der Waals surface area contributed by atoms with Gasteiger partial charge in [-0.05, 0) is 96.3 Å². The predicted octanol–water partition coefficient (Wildman–Crippen LogP) is 20.8. The van der Waals surface area contributed by atoms with Gasteiger partial charge in [-0.25, -0.2) is 0 Å². The van der Waals surface area contributed by atoms with E-state index in [1.54, 1.807) is 0 Å². The van der Waals surface area contributed by atoms with Gasteiger partial charge in [0.15, 0.2) is 6.10 Å². The summed E-state index contributed by atoms with van der Waals surface area (Å²) < 4.78 is 16.8. The van der Waals surface area contributed by atoms with Crippen molar-refractivity contribution in [3.05, 3.63) is 122 Å². The number of esters is 3. The molecule has 74 heavy (non-hydrogen) atoms.